The summed E-state index contributed by atoms with van der Waals surface area (Å²) in [5.41, 5.74) is 0. The fourth-order valence-corrected chi connectivity index (χ4v) is 2.59. The summed E-state index contributed by atoms with van der Waals surface area (Å²) in [6.45, 7) is 1.42. The molecule has 0 saturated heterocycles. The molecule has 0 aromatic rings. The zero-order valence-electron chi connectivity index (χ0n) is 19.3. The number of rotatable bonds is 17. The first-order valence-electron chi connectivity index (χ1n) is 10.4. The van der Waals surface area contributed by atoms with Crippen molar-refractivity contribution in [2.75, 3.05) is 0 Å². The van der Waals surface area contributed by atoms with Crippen LogP contribution in [0.25, 0.3) is 0 Å². The maximum atomic E-state index is 12.2. The summed E-state index contributed by atoms with van der Waals surface area (Å²) in [6, 6.07) is -7.53. The van der Waals surface area contributed by atoms with E-state index in [1.165, 1.54) is 6.92 Å². The Hall–Kier alpha value is -4.77. The van der Waals surface area contributed by atoms with Crippen LogP contribution in [0, 0.1) is 0 Å². The summed E-state index contributed by atoms with van der Waals surface area (Å²) in [5.74, 6) is -12.8. The van der Waals surface area contributed by atoms with Gasteiger partial charge in [0.25, 0.3) is 0 Å². The summed E-state index contributed by atoms with van der Waals surface area (Å²) in [5, 5.41) is 52.6. The molecule has 0 radical (unpaired) electrons. The first-order valence-corrected chi connectivity index (χ1v) is 10.4. The minimum absolute atomic E-state index is 0.0946. The Morgan fingerprint density at radius 1 is 0.459 bits per heavy atom. The van der Waals surface area contributed by atoms with Crippen LogP contribution in [0.3, 0.4) is 0 Å². The standard InChI is InChI=1S/C19H26N4O14/c1-2-11(24)20-7(16(30)31)3-12(25)21-8(17(32)33)4-13(26)22-9(18(34)35)5-14(27)23-10(19(36)37)6-15(28)29/h7-10H,2-6H2,1H3,(H,20,24)(H,21,25)(H,22,26)(H,23,27)(H,28,29)(H,30,31)(H,32,33)(H,34,35)(H,36,37). The van der Waals surface area contributed by atoms with Gasteiger partial charge in [0.1, 0.15) is 24.2 Å². The van der Waals surface area contributed by atoms with Gasteiger partial charge in [0, 0.05) is 6.42 Å². The van der Waals surface area contributed by atoms with Crippen molar-refractivity contribution in [1.82, 2.24) is 21.3 Å². The molecule has 0 bridgehead atoms. The summed E-state index contributed by atoms with van der Waals surface area (Å²) >= 11 is 0. The van der Waals surface area contributed by atoms with Gasteiger partial charge in [-0.25, -0.2) is 19.2 Å². The van der Waals surface area contributed by atoms with Crippen LogP contribution in [-0.4, -0.2) is 103 Å². The highest BCUT2D eigenvalue weighted by atomic mass is 16.4. The Bertz CT molecular complexity index is 949. The number of carbonyl (C=O) groups is 9. The second kappa shape index (κ2) is 15.3. The van der Waals surface area contributed by atoms with Crippen molar-refractivity contribution >= 4 is 53.5 Å². The molecule has 4 atom stereocenters. The van der Waals surface area contributed by atoms with Gasteiger partial charge in [0.05, 0.1) is 25.7 Å². The van der Waals surface area contributed by atoms with E-state index in [9.17, 15) is 53.4 Å². The van der Waals surface area contributed by atoms with E-state index in [1.54, 1.807) is 5.32 Å². The number of nitrogens with one attached hydrogen (secondary N) is 4. The number of carbonyl (C=O) groups excluding carboxylic acids is 4. The molecule has 4 unspecified atom stereocenters. The van der Waals surface area contributed by atoms with Crippen LogP contribution >= 0.6 is 0 Å². The van der Waals surface area contributed by atoms with Crippen molar-refractivity contribution in [2.24, 2.45) is 0 Å². The van der Waals surface area contributed by atoms with Crippen LogP contribution in [0.1, 0.15) is 39.0 Å². The summed E-state index contributed by atoms with van der Waals surface area (Å²) < 4.78 is 0. The molecule has 9 N–H and O–H groups in total. The number of aliphatic carboxylic acids is 5. The number of carboxylic acid groups (broad SMARTS) is 5. The van der Waals surface area contributed by atoms with Crippen LogP contribution in [0.2, 0.25) is 0 Å². The van der Waals surface area contributed by atoms with Gasteiger partial charge in [0.2, 0.25) is 23.6 Å². The Balaban J connectivity index is 5.20. The zero-order valence-corrected chi connectivity index (χ0v) is 19.3. The van der Waals surface area contributed by atoms with E-state index in [-0.39, 0.29) is 6.42 Å². The predicted octanol–water partition coefficient (Wildman–Crippen LogP) is -3.68. The highest BCUT2D eigenvalue weighted by Crippen LogP contribution is 2.02. The molecular weight excluding hydrogens is 508 g/mol. The van der Waals surface area contributed by atoms with E-state index in [0.29, 0.717) is 0 Å². The Morgan fingerprint density at radius 2 is 0.703 bits per heavy atom. The number of carboxylic acids is 5. The van der Waals surface area contributed by atoms with Crippen molar-refractivity contribution in [2.45, 2.75) is 63.2 Å². The third-order valence-corrected chi connectivity index (χ3v) is 4.40. The molecule has 0 spiro atoms. The summed E-state index contributed by atoms with van der Waals surface area (Å²) in [4.78, 5) is 103. The molecule has 18 heteroatoms. The average molecular weight is 534 g/mol. The SMILES string of the molecule is CCC(=O)NC(CC(=O)NC(CC(=O)NC(CC(=O)NC(CC(=O)O)C(=O)O)C(=O)O)C(=O)O)C(=O)O. The summed E-state index contributed by atoms with van der Waals surface area (Å²) in [7, 11) is 0. The monoisotopic (exact) mass is 534 g/mol. The van der Waals surface area contributed by atoms with Gasteiger partial charge in [-0.15, -0.1) is 0 Å². The average Bonchev–Trinajstić information content (AvgIpc) is 2.76. The molecule has 0 saturated carbocycles. The van der Waals surface area contributed by atoms with E-state index < -0.39 is 103 Å². The van der Waals surface area contributed by atoms with Crippen molar-refractivity contribution in [3.8, 4) is 0 Å². The molecule has 0 fully saturated rings. The predicted molar refractivity (Wildman–Crippen MR) is 115 cm³/mol. The minimum Gasteiger partial charge on any atom is -0.481 e. The Morgan fingerprint density at radius 3 is 0.919 bits per heavy atom. The second-order valence-corrected chi connectivity index (χ2v) is 7.40. The van der Waals surface area contributed by atoms with Crippen LogP contribution in [-0.2, 0) is 43.2 Å². The lowest BCUT2D eigenvalue weighted by molar-refractivity contribution is -0.148. The maximum absolute atomic E-state index is 12.2. The number of hydrogen-bond donors (Lipinski definition) is 9. The number of hydrogen-bond acceptors (Lipinski definition) is 9. The van der Waals surface area contributed by atoms with Crippen molar-refractivity contribution in [3.05, 3.63) is 0 Å². The van der Waals surface area contributed by atoms with E-state index in [2.05, 4.69) is 0 Å². The van der Waals surface area contributed by atoms with E-state index in [4.69, 9.17) is 15.3 Å². The highest BCUT2D eigenvalue weighted by Gasteiger charge is 2.31. The first kappa shape index (κ1) is 32.2. The first-order chi connectivity index (χ1) is 17.1. The third kappa shape index (κ3) is 13.0. The quantitative estimate of drug-likeness (QED) is 0.0868. The molecule has 0 heterocycles. The van der Waals surface area contributed by atoms with Gasteiger partial charge in [-0.1, -0.05) is 6.92 Å². The van der Waals surface area contributed by atoms with Gasteiger partial charge in [-0.3, -0.25) is 24.0 Å². The van der Waals surface area contributed by atoms with Gasteiger partial charge in [-0.05, 0) is 0 Å². The third-order valence-electron chi connectivity index (χ3n) is 4.40. The zero-order chi connectivity index (χ0) is 28.9. The van der Waals surface area contributed by atoms with Gasteiger partial charge in [-0.2, -0.15) is 0 Å². The fraction of sp³-hybridized carbons (Fsp3) is 0.526. The van der Waals surface area contributed by atoms with Crippen molar-refractivity contribution < 1.29 is 68.7 Å². The molecule has 0 aliphatic heterocycles. The van der Waals surface area contributed by atoms with E-state index >= 15 is 0 Å². The molecule has 18 nitrogen and oxygen atoms in total. The molecular formula is C19H26N4O14. The van der Waals surface area contributed by atoms with Crippen molar-refractivity contribution in [1.29, 1.82) is 0 Å². The topological polar surface area (TPSA) is 303 Å². The van der Waals surface area contributed by atoms with Gasteiger partial charge >= 0.3 is 29.8 Å². The molecule has 0 aromatic heterocycles. The lowest BCUT2D eigenvalue weighted by atomic mass is 10.1. The normalized spacial score (nSPS) is 13.5. The molecule has 0 aromatic carbocycles. The lowest BCUT2D eigenvalue weighted by Crippen LogP contribution is -2.51. The van der Waals surface area contributed by atoms with Crippen LogP contribution in [0.15, 0.2) is 0 Å². The molecule has 4 amide bonds. The largest absolute Gasteiger partial charge is 0.481 e. The van der Waals surface area contributed by atoms with Gasteiger partial charge in [0.15, 0.2) is 0 Å². The van der Waals surface area contributed by atoms with Gasteiger partial charge < -0.3 is 46.8 Å². The molecule has 0 aliphatic rings. The molecule has 37 heavy (non-hydrogen) atoms. The molecule has 0 rings (SSSR count). The van der Waals surface area contributed by atoms with E-state index in [1.807, 2.05) is 16.0 Å². The Kier molecular flexibility index (Phi) is 13.3. The van der Waals surface area contributed by atoms with Crippen molar-refractivity contribution in [3.63, 3.8) is 0 Å². The fourth-order valence-electron chi connectivity index (χ4n) is 2.59. The molecule has 206 valence electrons. The van der Waals surface area contributed by atoms with Crippen LogP contribution in [0.4, 0.5) is 0 Å². The lowest BCUT2D eigenvalue weighted by Gasteiger charge is -2.19. The second-order valence-electron chi connectivity index (χ2n) is 7.40. The summed E-state index contributed by atoms with van der Waals surface area (Å²) in [6.07, 6.45) is -4.10. The highest BCUT2D eigenvalue weighted by molar-refractivity contribution is 5.94. The van der Waals surface area contributed by atoms with E-state index in [0.717, 1.165) is 0 Å². The molecule has 0 aliphatic carbocycles. The van der Waals surface area contributed by atoms with Crippen LogP contribution < -0.4 is 21.3 Å². The number of amides is 4. The minimum atomic E-state index is -1.99. The Labute approximate surface area is 207 Å². The smallest absolute Gasteiger partial charge is 0.326 e. The van der Waals surface area contributed by atoms with Crippen LogP contribution in [0.5, 0.6) is 0 Å². The maximum Gasteiger partial charge on any atom is 0.326 e.